The molecule has 1 aromatic rings. The largest absolute Gasteiger partial charge is 0.493 e. The molecule has 1 amide bonds. The molecular weight excluding hydrogens is 522 g/mol. The van der Waals surface area contributed by atoms with E-state index in [1.165, 1.54) is 12.8 Å². The molecule has 0 spiro atoms. The van der Waals surface area contributed by atoms with Gasteiger partial charge in [0.15, 0.2) is 11.5 Å². The van der Waals surface area contributed by atoms with E-state index in [9.17, 15) is 19.8 Å². The predicted octanol–water partition coefficient (Wildman–Crippen LogP) is 5.27. The summed E-state index contributed by atoms with van der Waals surface area (Å²) in [5.74, 6) is 3.02. The van der Waals surface area contributed by atoms with Crippen molar-refractivity contribution in [1.29, 1.82) is 0 Å². The van der Waals surface area contributed by atoms with Gasteiger partial charge in [-0.3, -0.25) is 9.59 Å². The third-order valence-electron chi connectivity index (χ3n) is 9.55. The Labute approximate surface area is 246 Å². The summed E-state index contributed by atoms with van der Waals surface area (Å²) in [5, 5.41) is 24.2. The molecule has 3 N–H and O–H groups in total. The minimum atomic E-state index is -0.924. The highest BCUT2D eigenvalue weighted by Crippen LogP contribution is 2.50. The van der Waals surface area contributed by atoms with Crippen molar-refractivity contribution in [3.8, 4) is 11.5 Å². The Balaban J connectivity index is 1.50. The Hall–Kier alpha value is -2.32. The first-order chi connectivity index (χ1) is 19.6. The summed E-state index contributed by atoms with van der Waals surface area (Å²) in [5.41, 5.74) is 0.857. The number of benzene rings is 1. The van der Waals surface area contributed by atoms with Crippen LogP contribution in [0.5, 0.6) is 11.5 Å². The second kappa shape index (κ2) is 15.8. The minimum absolute atomic E-state index is 0.0601. The van der Waals surface area contributed by atoms with Gasteiger partial charge in [-0.1, -0.05) is 40.2 Å². The van der Waals surface area contributed by atoms with Crippen LogP contribution in [0.3, 0.4) is 0 Å². The average Bonchev–Trinajstić information content (AvgIpc) is 2.94. The summed E-state index contributed by atoms with van der Waals surface area (Å²) in [6, 6.07) is 5.44. The molecule has 3 unspecified atom stereocenters. The van der Waals surface area contributed by atoms with Crippen LogP contribution in [0.15, 0.2) is 18.2 Å². The normalized spacial score (nSPS) is 28.1. The van der Waals surface area contributed by atoms with E-state index in [1.54, 1.807) is 26.4 Å². The monoisotopic (exact) mass is 575 g/mol. The lowest BCUT2D eigenvalue weighted by Crippen LogP contribution is -2.47. The zero-order valence-electron chi connectivity index (χ0n) is 25.9. The molecule has 41 heavy (non-hydrogen) atoms. The van der Waals surface area contributed by atoms with E-state index < -0.39 is 12.2 Å². The quantitative estimate of drug-likeness (QED) is 0.259. The highest BCUT2D eigenvalue weighted by Gasteiger charge is 2.47. The molecule has 8 heteroatoms. The maximum absolute atomic E-state index is 12.7. The SMILES string of the molecule is CC[C@H](C)C(=O)OC1C[C@@H](C)CC2CC[C@H](C)[C@H](CC[C@@H](O)C[C@@H](O)CC(=O)NCc3ccc(OC)c(OC)c3)C21. The second-order valence-electron chi connectivity index (χ2n) is 12.7. The summed E-state index contributed by atoms with van der Waals surface area (Å²) in [6.45, 7) is 8.81. The standard InChI is InChI=1S/C33H53NO7/c1-7-21(3)33(38)41-30-15-20(2)14-24-10-8-22(4)27(32(24)30)12-11-25(35)17-26(36)18-31(37)34-19-23-9-13-28(39-5)29(16-23)40-6/h9,13,16,20-22,24-27,30,32,35-36H,7-8,10-12,14-15,17-19H2,1-6H3,(H,34,37)/t20-,21-,22-,24?,25+,26+,27-,30?,32?/m0/s1. The van der Waals surface area contributed by atoms with Crippen LogP contribution >= 0.6 is 0 Å². The highest BCUT2D eigenvalue weighted by atomic mass is 16.5. The van der Waals surface area contributed by atoms with Crippen LogP contribution < -0.4 is 14.8 Å². The summed E-state index contributed by atoms with van der Waals surface area (Å²) in [4.78, 5) is 25.2. The topological polar surface area (TPSA) is 114 Å². The maximum Gasteiger partial charge on any atom is 0.308 e. The number of methoxy groups -OCH3 is 2. The number of aliphatic hydroxyl groups is 2. The number of carbonyl (C=O) groups is 2. The number of amides is 1. The Kier molecular flexibility index (Phi) is 12.8. The molecule has 2 aliphatic carbocycles. The van der Waals surface area contributed by atoms with Gasteiger partial charge >= 0.3 is 5.97 Å². The van der Waals surface area contributed by atoms with Gasteiger partial charge < -0.3 is 29.7 Å². The molecule has 8 nitrogen and oxygen atoms in total. The molecular formula is C33H53NO7. The molecule has 232 valence electrons. The van der Waals surface area contributed by atoms with E-state index in [4.69, 9.17) is 14.2 Å². The van der Waals surface area contributed by atoms with Gasteiger partial charge in [-0.05, 0) is 86.3 Å². The van der Waals surface area contributed by atoms with Gasteiger partial charge in [-0.2, -0.15) is 0 Å². The smallest absolute Gasteiger partial charge is 0.308 e. The van der Waals surface area contributed by atoms with Crippen molar-refractivity contribution in [2.75, 3.05) is 14.2 Å². The molecule has 0 bridgehead atoms. The van der Waals surface area contributed by atoms with E-state index in [0.717, 1.165) is 31.2 Å². The molecule has 0 aliphatic heterocycles. The molecule has 0 radical (unpaired) electrons. The summed E-state index contributed by atoms with van der Waals surface area (Å²) in [7, 11) is 3.13. The summed E-state index contributed by atoms with van der Waals surface area (Å²) in [6.07, 6.45) is 4.98. The van der Waals surface area contributed by atoms with Gasteiger partial charge in [0.1, 0.15) is 6.10 Å². The van der Waals surface area contributed by atoms with Gasteiger partial charge in [0.05, 0.1) is 38.8 Å². The highest BCUT2D eigenvalue weighted by molar-refractivity contribution is 5.76. The van der Waals surface area contributed by atoms with Crippen molar-refractivity contribution in [2.24, 2.45) is 35.5 Å². The van der Waals surface area contributed by atoms with Crippen LogP contribution in [0, 0.1) is 35.5 Å². The van der Waals surface area contributed by atoms with Crippen molar-refractivity contribution >= 4 is 11.9 Å². The Morgan fingerprint density at radius 1 is 1.05 bits per heavy atom. The molecule has 9 atom stereocenters. The van der Waals surface area contributed by atoms with Gasteiger partial charge in [0.2, 0.25) is 5.91 Å². The first-order valence-corrected chi connectivity index (χ1v) is 15.6. The molecule has 0 saturated heterocycles. The van der Waals surface area contributed by atoms with Crippen molar-refractivity contribution in [2.45, 2.75) is 110 Å². The fourth-order valence-corrected chi connectivity index (χ4v) is 7.05. The van der Waals surface area contributed by atoms with Gasteiger partial charge in [-0.25, -0.2) is 0 Å². The zero-order chi connectivity index (χ0) is 30.1. The third-order valence-corrected chi connectivity index (χ3v) is 9.55. The van der Waals surface area contributed by atoms with Crippen molar-refractivity contribution in [3.63, 3.8) is 0 Å². The van der Waals surface area contributed by atoms with Gasteiger partial charge in [0, 0.05) is 12.5 Å². The zero-order valence-corrected chi connectivity index (χ0v) is 25.9. The van der Waals surface area contributed by atoms with Crippen LogP contribution in [0.4, 0.5) is 0 Å². The number of aliphatic hydroxyl groups excluding tert-OH is 2. The molecule has 1 aromatic carbocycles. The Morgan fingerprint density at radius 3 is 2.46 bits per heavy atom. The van der Waals surface area contributed by atoms with E-state index in [0.29, 0.717) is 54.1 Å². The van der Waals surface area contributed by atoms with Crippen molar-refractivity contribution < 1.29 is 34.0 Å². The lowest BCUT2D eigenvalue weighted by molar-refractivity contribution is -0.167. The lowest BCUT2D eigenvalue weighted by atomic mass is 9.58. The Bertz CT molecular complexity index is 984. The lowest BCUT2D eigenvalue weighted by Gasteiger charge is -2.50. The first-order valence-electron chi connectivity index (χ1n) is 15.6. The molecule has 0 aromatic heterocycles. The molecule has 2 aliphatic rings. The minimum Gasteiger partial charge on any atom is -0.493 e. The summed E-state index contributed by atoms with van der Waals surface area (Å²) >= 11 is 0. The van der Waals surface area contributed by atoms with E-state index >= 15 is 0 Å². The van der Waals surface area contributed by atoms with E-state index in [2.05, 4.69) is 19.2 Å². The number of esters is 1. The van der Waals surface area contributed by atoms with E-state index in [1.807, 2.05) is 19.9 Å². The fourth-order valence-electron chi connectivity index (χ4n) is 7.05. The molecule has 2 saturated carbocycles. The second-order valence-corrected chi connectivity index (χ2v) is 12.7. The van der Waals surface area contributed by atoms with Crippen LogP contribution in [-0.4, -0.2) is 54.6 Å². The third kappa shape index (κ3) is 9.34. The van der Waals surface area contributed by atoms with Crippen LogP contribution in [0.1, 0.15) is 91.0 Å². The first kappa shape index (κ1) is 33.2. The molecule has 3 rings (SSSR count). The number of hydrogen-bond donors (Lipinski definition) is 3. The average molecular weight is 576 g/mol. The van der Waals surface area contributed by atoms with Crippen molar-refractivity contribution in [3.05, 3.63) is 23.8 Å². The number of ether oxygens (including phenoxy) is 3. The fraction of sp³-hybridized carbons (Fsp3) is 0.758. The predicted molar refractivity (Wildman–Crippen MR) is 158 cm³/mol. The van der Waals surface area contributed by atoms with Crippen LogP contribution in [-0.2, 0) is 20.9 Å². The number of rotatable bonds is 14. The van der Waals surface area contributed by atoms with Gasteiger partial charge in [-0.15, -0.1) is 0 Å². The number of nitrogens with one attached hydrogen (secondary N) is 1. The Morgan fingerprint density at radius 2 is 1.78 bits per heavy atom. The number of carbonyl (C=O) groups excluding carboxylic acids is 2. The molecule has 2 fully saturated rings. The van der Waals surface area contributed by atoms with Crippen LogP contribution in [0.25, 0.3) is 0 Å². The van der Waals surface area contributed by atoms with Gasteiger partial charge in [0.25, 0.3) is 0 Å². The number of hydrogen-bond acceptors (Lipinski definition) is 7. The summed E-state index contributed by atoms with van der Waals surface area (Å²) < 4.78 is 16.7. The van der Waals surface area contributed by atoms with Crippen LogP contribution in [0.2, 0.25) is 0 Å². The molecule has 0 heterocycles. The number of fused-ring (bicyclic) bond motifs is 1. The maximum atomic E-state index is 12.7. The van der Waals surface area contributed by atoms with Crippen molar-refractivity contribution in [1.82, 2.24) is 5.32 Å². The van der Waals surface area contributed by atoms with E-state index in [-0.39, 0.29) is 36.7 Å².